The van der Waals surface area contributed by atoms with Crippen molar-refractivity contribution in [3.8, 4) is 11.4 Å². The predicted octanol–water partition coefficient (Wildman–Crippen LogP) is 4.38. The van der Waals surface area contributed by atoms with Crippen LogP contribution in [0, 0.1) is 3.57 Å². The third kappa shape index (κ3) is 2.65. The molecule has 3 rings (SSSR count). The van der Waals surface area contributed by atoms with Crippen molar-refractivity contribution in [2.45, 2.75) is 5.03 Å². The third-order valence-corrected chi connectivity index (χ3v) is 6.08. The topological polar surface area (TPSA) is 63.1 Å². The molecule has 0 saturated heterocycles. The maximum Gasteiger partial charge on any atom is 0.347 e. The largest absolute Gasteiger partial charge is 0.477 e. The predicted molar refractivity (Wildman–Crippen MR) is 94.3 cm³/mol. The zero-order valence-corrected chi connectivity index (χ0v) is 14.6. The number of hydrogen-bond acceptors (Lipinski definition) is 5. The van der Waals surface area contributed by atoms with E-state index in [0.29, 0.717) is 14.3 Å². The van der Waals surface area contributed by atoms with Gasteiger partial charge in [-0.05, 0) is 28.8 Å². The van der Waals surface area contributed by atoms with Crippen molar-refractivity contribution in [2.75, 3.05) is 6.26 Å². The molecule has 0 atom stereocenters. The van der Waals surface area contributed by atoms with E-state index in [1.54, 1.807) is 0 Å². The van der Waals surface area contributed by atoms with Crippen LogP contribution in [0.15, 0.2) is 35.4 Å². The number of halogens is 1. The maximum atomic E-state index is 11.3. The van der Waals surface area contributed by atoms with Gasteiger partial charge in [0, 0.05) is 5.56 Å². The van der Waals surface area contributed by atoms with Crippen molar-refractivity contribution in [3.63, 3.8) is 0 Å². The van der Waals surface area contributed by atoms with Crippen LogP contribution in [0.4, 0.5) is 0 Å². The Morgan fingerprint density at radius 2 is 2.00 bits per heavy atom. The normalized spacial score (nSPS) is 11.0. The number of thiophene rings is 1. The van der Waals surface area contributed by atoms with Gasteiger partial charge in [0.1, 0.15) is 14.7 Å². The maximum absolute atomic E-state index is 11.3. The van der Waals surface area contributed by atoms with E-state index >= 15 is 0 Å². The van der Waals surface area contributed by atoms with Gasteiger partial charge >= 0.3 is 5.97 Å². The van der Waals surface area contributed by atoms with Crippen LogP contribution in [-0.2, 0) is 0 Å². The molecular weight excluding hydrogens is 419 g/mol. The van der Waals surface area contributed by atoms with Crippen LogP contribution in [-0.4, -0.2) is 27.3 Å². The Bertz CT molecular complexity index is 834. The number of carboxylic acids is 1. The summed E-state index contributed by atoms with van der Waals surface area (Å²) in [6.07, 6.45) is 1.94. The van der Waals surface area contributed by atoms with Gasteiger partial charge in [0.15, 0.2) is 5.82 Å². The standard InChI is InChI=1S/C14H9IN2O2S2/c1-20-12-8-9(15)10(14(18)19)21-13(8)17-11(16-12)7-5-3-2-4-6-7/h2-6H,1H3,(H,18,19). The summed E-state index contributed by atoms with van der Waals surface area (Å²) in [6, 6.07) is 9.70. The zero-order valence-electron chi connectivity index (χ0n) is 10.8. The average Bonchev–Trinajstić information content (AvgIpc) is 2.85. The fourth-order valence-electron chi connectivity index (χ4n) is 1.94. The number of carboxylic acid groups (broad SMARTS) is 1. The van der Waals surface area contributed by atoms with Crippen molar-refractivity contribution in [2.24, 2.45) is 0 Å². The molecule has 7 heteroatoms. The Morgan fingerprint density at radius 1 is 1.29 bits per heavy atom. The molecule has 0 aliphatic carbocycles. The lowest BCUT2D eigenvalue weighted by molar-refractivity contribution is 0.0701. The molecule has 2 heterocycles. The van der Waals surface area contributed by atoms with E-state index in [1.807, 2.05) is 36.6 Å². The fraction of sp³-hybridized carbons (Fsp3) is 0.0714. The van der Waals surface area contributed by atoms with Crippen LogP contribution in [0.2, 0.25) is 0 Å². The molecule has 4 nitrogen and oxygen atoms in total. The molecule has 3 aromatic rings. The molecule has 0 spiro atoms. The third-order valence-electron chi connectivity index (χ3n) is 2.88. The molecule has 2 aromatic heterocycles. The molecule has 1 aromatic carbocycles. The summed E-state index contributed by atoms with van der Waals surface area (Å²) in [7, 11) is 0. The summed E-state index contributed by atoms with van der Waals surface area (Å²) in [6.45, 7) is 0. The number of aromatic nitrogens is 2. The lowest BCUT2D eigenvalue weighted by Crippen LogP contribution is -1.95. The van der Waals surface area contributed by atoms with Crippen LogP contribution in [0.5, 0.6) is 0 Å². The van der Waals surface area contributed by atoms with E-state index in [4.69, 9.17) is 0 Å². The lowest BCUT2D eigenvalue weighted by atomic mass is 10.2. The van der Waals surface area contributed by atoms with Crippen molar-refractivity contribution >= 4 is 61.9 Å². The Balaban J connectivity index is 2.30. The minimum atomic E-state index is -0.921. The Labute approximate surface area is 142 Å². The van der Waals surface area contributed by atoms with E-state index in [0.717, 1.165) is 20.8 Å². The molecule has 0 saturated carbocycles. The van der Waals surface area contributed by atoms with Gasteiger partial charge < -0.3 is 5.11 Å². The first-order valence-electron chi connectivity index (χ1n) is 5.94. The van der Waals surface area contributed by atoms with Gasteiger partial charge in [-0.15, -0.1) is 23.1 Å². The van der Waals surface area contributed by atoms with Crippen LogP contribution >= 0.6 is 45.7 Å². The second kappa shape index (κ2) is 5.90. The number of carbonyl (C=O) groups is 1. The van der Waals surface area contributed by atoms with Crippen LogP contribution < -0.4 is 0 Å². The summed E-state index contributed by atoms with van der Waals surface area (Å²) in [5, 5.41) is 10.9. The molecule has 0 aliphatic rings. The van der Waals surface area contributed by atoms with Gasteiger partial charge in [0.25, 0.3) is 0 Å². The number of thioether (sulfide) groups is 1. The van der Waals surface area contributed by atoms with Crippen LogP contribution in [0.3, 0.4) is 0 Å². The molecule has 0 fully saturated rings. The molecule has 0 radical (unpaired) electrons. The van der Waals surface area contributed by atoms with Crippen molar-refractivity contribution < 1.29 is 9.90 Å². The zero-order chi connectivity index (χ0) is 15.0. The molecule has 106 valence electrons. The van der Waals surface area contributed by atoms with Gasteiger partial charge in [-0.1, -0.05) is 30.3 Å². The van der Waals surface area contributed by atoms with E-state index in [1.165, 1.54) is 23.1 Å². The van der Waals surface area contributed by atoms with Crippen LogP contribution in [0.1, 0.15) is 9.67 Å². The molecule has 0 amide bonds. The number of rotatable bonds is 3. The Morgan fingerprint density at radius 3 is 2.62 bits per heavy atom. The number of aromatic carboxylic acids is 1. The van der Waals surface area contributed by atoms with E-state index in [2.05, 4.69) is 32.6 Å². The molecule has 0 bridgehead atoms. The van der Waals surface area contributed by atoms with Crippen molar-refractivity contribution in [3.05, 3.63) is 38.8 Å². The molecule has 0 unspecified atom stereocenters. The summed E-state index contributed by atoms with van der Waals surface area (Å²) in [4.78, 5) is 21.5. The molecular formula is C14H9IN2O2S2. The first-order valence-corrected chi connectivity index (χ1v) is 9.06. The van der Waals surface area contributed by atoms with Gasteiger partial charge in [0.2, 0.25) is 0 Å². The minimum absolute atomic E-state index is 0.320. The first kappa shape index (κ1) is 14.7. The Kier molecular flexibility index (Phi) is 4.14. The van der Waals surface area contributed by atoms with E-state index in [-0.39, 0.29) is 0 Å². The SMILES string of the molecule is CSc1nc(-c2ccccc2)nc2sc(C(=O)O)c(I)c12. The average molecular weight is 428 g/mol. The highest BCUT2D eigenvalue weighted by Crippen LogP contribution is 2.37. The number of fused-ring (bicyclic) bond motifs is 1. The second-order valence-electron chi connectivity index (χ2n) is 4.15. The number of nitrogens with zero attached hydrogens (tertiary/aromatic N) is 2. The van der Waals surface area contributed by atoms with Gasteiger partial charge in [0.05, 0.1) is 8.96 Å². The highest BCUT2D eigenvalue weighted by atomic mass is 127. The second-order valence-corrected chi connectivity index (χ2v) is 7.03. The van der Waals surface area contributed by atoms with Crippen LogP contribution in [0.25, 0.3) is 21.6 Å². The monoisotopic (exact) mass is 428 g/mol. The summed E-state index contributed by atoms with van der Waals surface area (Å²) < 4.78 is 0.712. The molecule has 21 heavy (non-hydrogen) atoms. The van der Waals surface area contributed by atoms with Gasteiger partial charge in [-0.3, -0.25) is 0 Å². The van der Waals surface area contributed by atoms with E-state index in [9.17, 15) is 9.90 Å². The molecule has 0 aliphatic heterocycles. The summed E-state index contributed by atoms with van der Waals surface area (Å²) in [5.74, 6) is -0.294. The summed E-state index contributed by atoms with van der Waals surface area (Å²) >= 11 is 4.76. The highest BCUT2D eigenvalue weighted by Gasteiger charge is 2.21. The number of hydrogen-bond donors (Lipinski definition) is 1. The summed E-state index contributed by atoms with van der Waals surface area (Å²) in [5.41, 5.74) is 0.926. The first-order chi connectivity index (χ1) is 10.1. The number of benzene rings is 1. The molecule has 1 N–H and O–H groups in total. The van der Waals surface area contributed by atoms with Gasteiger partial charge in [-0.25, -0.2) is 14.8 Å². The Hall–Kier alpha value is -1.19. The quantitative estimate of drug-likeness (QED) is 0.381. The van der Waals surface area contributed by atoms with Gasteiger partial charge in [-0.2, -0.15) is 0 Å². The van der Waals surface area contributed by atoms with Crippen molar-refractivity contribution in [1.82, 2.24) is 9.97 Å². The fourth-order valence-corrected chi connectivity index (χ4v) is 4.93. The van der Waals surface area contributed by atoms with E-state index < -0.39 is 5.97 Å². The lowest BCUT2D eigenvalue weighted by Gasteiger charge is -2.04. The smallest absolute Gasteiger partial charge is 0.347 e. The van der Waals surface area contributed by atoms with Crippen molar-refractivity contribution in [1.29, 1.82) is 0 Å². The minimum Gasteiger partial charge on any atom is -0.477 e. The highest BCUT2D eigenvalue weighted by molar-refractivity contribution is 14.1.